The third-order valence-electron chi connectivity index (χ3n) is 2.56. The number of hydrogen-bond donors (Lipinski definition) is 1. The van der Waals surface area contributed by atoms with Gasteiger partial charge in [-0.3, -0.25) is 0 Å². The molecule has 0 aliphatic carbocycles. The van der Waals surface area contributed by atoms with Crippen molar-refractivity contribution in [1.29, 1.82) is 0 Å². The summed E-state index contributed by atoms with van der Waals surface area (Å²) in [5, 5.41) is 0.234. The number of ether oxygens (including phenoxy) is 1. The van der Waals surface area contributed by atoms with Gasteiger partial charge in [-0.2, -0.15) is 0 Å². The van der Waals surface area contributed by atoms with Crippen LogP contribution in [0.15, 0.2) is 28.7 Å². The zero-order chi connectivity index (χ0) is 13.1. The summed E-state index contributed by atoms with van der Waals surface area (Å²) < 4.78 is 23.8. The fourth-order valence-corrected chi connectivity index (χ4v) is 1.82. The van der Waals surface area contributed by atoms with E-state index in [-0.39, 0.29) is 11.6 Å². The van der Waals surface area contributed by atoms with Crippen molar-refractivity contribution < 1.29 is 13.5 Å². The number of aryl methyl sites for hydroxylation is 1. The first kappa shape index (κ1) is 12.9. The molecule has 0 fully saturated rings. The summed E-state index contributed by atoms with van der Waals surface area (Å²) in [7, 11) is 0. The summed E-state index contributed by atoms with van der Waals surface area (Å²) in [4.78, 5) is 0. The van der Waals surface area contributed by atoms with Crippen LogP contribution in [0.4, 0.5) is 4.39 Å². The summed E-state index contributed by atoms with van der Waals surface area (Å²) in [5.41, 5.74) is 6.49. The molecule has 1 aromatic carbocycles. The van der Waals surface area contributed by atoms with Crippen LogP contribution in [0.3, 0.4) is 0 Å². The van der Waals surface area contributed by atoms with E-state index in [0.717, 1.165) is 11.3 Å². The minimum Gasteiger partial charge on any atom is -0.484 e. The summed E-state index contributed by atoms with van der Waals surface area (Å²) in [6, 6.07) is 5.82. The van der Waals surface area contributed by atoms with Gasteiger partial charge in [-0.15, -0.1) is 0 Å². The van der Waals surface area contributed by atoms with Crippen LogP contribution in [0.5, 0.6) is 5.75 Å². The van der Waals surface area contributed by atoms with Crippen LogP contribution in [-0.2, 0) is 13.2 Å². The van der Waals surface area contributed by atoms with Crippen LogP contribution in [0, 0.1) is 12.7 Å². The molecule has 0 bridgehead atoms. The third-order valence-corrected chi connectivity index (χ3v) is 2.85. The van der Waals surface area contributed by atoms with Crippen molar-refractivity contribution in [2.24, 2.45) is 5.73 Å². The molecular formula is C13H13ClFNO2. The molecule has 2 rings (SSSR count). The lowest BCUT2D eigenvalue weighted by atomic mass is 10.2. The highest BCUT2D eigenvalue weighted by molar-refractivity contribution is 6.32. The Balaban J connectivity index is 2.06. The molecule has 0 aliphatic rings. The first-order chi connectivity index (χ1) is 8.60. The Kier molecular flexibility index (Phi) is 3.89. The van der Waals surface area contributed by atoms with Crippen LogP contribution in [0.2, 0.25) is 5.02 Å². The Morgan fingerprint density at radius 3 is 2.78 bits per heavy atom. The molecule has 2 aromatic rings. The number of benzene rings is 1. The SMILES string of the molecule is Cc1oc(COc2ccc(F)cc2Cl)cc1CN. The molecule has 0 saturated carbocycles. The number of halogens is 2. The van der Waals surface area contributed by atoms with E-state index in [2.05, 4.69) is 0 Å². The normalized spacial score (nSPS) is 10.7. The first-order valence-electron chi connectivity index (χ1n) is 5.46. The lowest BCUT2D eigenvalue weighted by molar-refractivity contribution is 0.267. The summed E-state index contributed by atoms with van der Waals surface area (Å²) in [6.07, 6.45) is 0. The van der Waals surface area contributed by atoms with Crippen LogP contribution in [0.25, 0.3) is 0 Å². The topological polar surface area (TPSA) is 48.4 Å². The highest BCUT2D eigenvalue weighted by atomic mass is 35.5. The first-order valence-corrected chi connectivity index (χ1v) is 5.84. The Morgan fingerprint density at radius 1 is 1.39 bits per heavy atom. The van der Waals surface area contributed by atoms with Gasteiger partial charge in [-0.05, 0) is 31.2 Å². The van der Waals surface area contributed by atoms with E-state index in [1.54, 1.807) is 0 Å². The summed E-state index contributed by atoms with van der Waals surface area (Å²) in [6.45, 7) is 2.50. The molecule has 0 unspecified atom stereocenters. The van der Waals surface area contributed by atoms with Gasteiger partial charge < -0.3 is 14.9 Å². The molecule has 0 spiro atoms. The second-order valence-corrected chi connectivity index (χ2v) is 4.27. The van der Waals surface area contributed by atoms with E-state index in [1.165, 1.54) is 18.2 Å². The zero-order valence-corrected chi connectivity index (χ0v) is 10.6. The van der Waals surface area contributed by atoms with Crippen molar-refractivity contribution in [2.45, 2.75) is 20.1 Å². The fraction of sp³-hybridized carbons (Fsp3) is 0.231. The van der Waals surface area contributed by atoms with Gasteiger partial charge in [0.25, 0.3) is 0 Å². The minimum atomic E-state index is -0.397. The molecule has 96 valence electrons. The van der Waals surface area contributed by atoms with Crippen molar-refractivity contribution in [3.8, 4) is 5.75 Å². The molecule has 0 radical (unpaired) electrons. The van der Waals surface area contributed by atoms with Gasteiger partial charge >= 0.3 is 0 Å². The molecule has 5 heteroatoms. The van der Waals surface area contributed by atoms with E-state index in [9.17, 15) is 4.39 Å². The van der Waals surface area contributed by atoms with Crippen LogP contribution in [0.1, 0.15) is 17.1 Å². The maximum atomic E-state index is 12.8. The predicted molar refractivity (Wildman–Crippen MR) is 67.1 cm³/mol. The molecule has 0 amide bonds. The Morgan fingerprint density at radius 2 is 2.17 bits per heavy atom. The standard InChI is InChI=1S/C13H13ClFNO2/c1-8-9(6-16)4-11(18-8)7-17-13-3-2-10(15)5-12(13)14/h2-5H,6-7,16H2,1H3. The predicted octanol–water partition coefficient (Wildman–Crippen LogP) is 3.42. The molecule has 18 heavy (non-hydrogen) atoms. The third kappa shape index (κ3) is 2.83. The second kappa shape index (κ2) is 5.42. The van der Waals surface area contributed by atoms with Crippen molar-refractivity contribution in [1.82, 2.24) is 0 Å². The van der Waals surface area contributed by atoms with Crippen LogP contribution >= 0.6 is 11.6 Å². The molecule has 2 N–H and O–H groups in total. The molecule has 3 nitrogen and oxygen atoms in total. The van der Waals surface area contributed by atoms with Gasteiger partial charge in [0.1, 0.15) is 29.7 Å². The number of furan rings is 1. The number of hydrogen-bond acceptors (Lipinski definition) is 3. The lowest BCUT2D eigenvalue weighted by Gasteiger charge is -2.05. The maximum Gasteiger partial charge on any atom is 0.146 e. The Labute approximate surface area is 109 Å². The van der Waals surface area contributed by atoms with Gasteiger partial charge in [0.2, 0.25) is 0 Å². The molecule has 1 aromatic heterocycles. The average Bonchev–Trinajstić information content (AvgIpc) is 2.69. The maximum absolute atomic E-state index is 12.8. The van der Waals surface area contributed by atoms with Crippen LogP contribution in [-0.4, -0.2) is 0 Å². The lowest BCUT2D eigenvalue weighted by Crippen LogP contribution is -1.96. The number of nitrogens with two attached hydrogens (primary N) is 1. The Hall–Kier alpha value is -1.52. The van der Waals surface area contributed by atoms with Crippen molar-refractivity contribution >= 4 is 11.6 Å². The van der Waals surface area contributed by atoms with Crippen molar-refractivity contribution in [3.05, 3.63) is 52.2 Å². The smallest absolute Gasteiger partial charge is 0.146 e. The van der Waals surface area contributed by atoms with Gasteiger partial charge in [0.05, 0.1) is 5.02 Å². The molecule has 0 atom stereocenters. The van der Waals surface area contributed by atoms with Gasteiger partial charge in [-0.1, -0.05) is 11.6 Å². The minimum absolute atomic E-state index is 0.228. The largest absolute Gasteiger partial charge is 0.484 e. The average molecular weight is 270 g/mol. The highest BCUT2D eigenvalue weighted by Gasteiger charge is 2.08. The number of rotatable bonds is 4. The quantitative estimate of drug-likeness (QED) is 0.925. The van der Waals surface area contributed by atoms with E-state index >= 15 is 0 Å². The van der Waals surface area contributed by atoms with Gasteiger partial charge in [0.15, 0.2) is 0 Å². The second-order valence-electron chi connectivity index (χ2n) is 3.86. The fourth-order valence-electron chi connectivity index (χ4n) is 1.60. The van der Waals surface area contributed by atoms with Crippen LogP contribution < -0.4 is 10.5 Å². The van der Waals surface area contributed by atoms with Crippen molar-refractivity contribution in [3.63, 3.8) is 0 Å². The summed E-state index contributed by atoms with van der Waals surface area (Å²) in [5.74, 6) is 1.46. The van der Waals surface area contributed by atoms with Gasteiger partial charge in [0, 0.05) is 12.1 Å². The molecular weight excluding hydrogens is 257 g/mol. The van der Waals surface area contributed by atoms with Gasteiger partial charge in [-0.25, -0.2) is 4.39 Å². The van der Waals surface area contributed by atoms with E-state index in [1.807, 2.05) is 13.0 Å². The van der Waals surface area contributed by atoms with Crippen molar-refractivity contribution in [2.75, 3.05) is 0 Å². The molecule has 1 heterocycles. The monoisotopic (exact) mass is 269 g/mol. The Bertz CT molecular complexity index is 554. The zero-order valence-electron chi connectivity index (χ0n) is 9.87. The molecule has 0 saturated heterocycles. The molecule has 0 aliphatic heterocycles. The van der Waals surface area contributed by atoms with E-state index in [4.69, 9.17) is 26.5 Å². The summed E-state index contributed by atoms with van der Waals surface area (Å²) >= 11 is 5.84. The van der Waals surface area contributed by atoms with E-state index < -0.39 is 5.82 Å². The van der Waals surface area contributed by atoms with E-state index in [0.29, 0.717) is 18.1 Å². The highest BCUT2D eigenvalue weighted by Crippen LogP contribution is 2.26.